The van der Waals surface area contributed by atoms with Crippen molar-refractivity contribution in [1.29, 1.82) is 0 Å². The minimum Gasteiger partial charge on any atom is -0.352 e. The Labute approximate surface area is 219 Å². The van der Waals surface area contributed by atoms with Crippen molar-refractivity contribution in [2.75, 3.05) is 31.5 Å². The molecular formula is C27H37FN4O4S. The second-order valence-electron chi connectivity index (χ2n) is 9.59. The fourth-order valence-corrected chi connectivity index (χ4v) is 5.56. The number of rotatable bonds is 11. The molecule has 1 N–H and O–H groups in total. The van der Waals surface area contributed by atoms with Crippen LogP contribution in [-0.2, 0) is 26.2 Å². The molecule has 3 rings (SSSR count). The molecule has 2 aromatic rings. The Morgan fingerprint density at radius 2 is 1.62 bits per heavy atom. The van der Waals surface area contributed by atoms with Crippen molar-refractivity contribution in [3.63, 3.8) is 0 Å². The number of nitrogens with zero attached hydrogens (tertiary/aromatic N) is 3. The summed E-state index contributed by atoms with van der Waals surface area (Å²) in [5.41, 5.74) is 0.749. The van der Waals surface area contributed by atoms with E-state index in [9.17, 15) is 22.4 Å². The number of para-hydroxylation sites is 1. The first-order valence-electron chi connectivity index (χ1n) is 12.7. The quantitative estimate of drug-likeness (QED) is 0.481. The topological polar surface area (TPSA) is 90.0 Å². The molecule has 37 heavy (non-hydrogen) atoms. The molecule has 0 spiro atoms. The van der Waals surface area contributed by atoms with Gasteiger partial charge in [-0.25, -0.2) is 8.70 Å². The fraction of sp³-hybridized carbons (Fsp3) is 0.481. The van der Waals surface area contributed by atoms with E-state index in [1.54, 1.807) is 6.92 Å². The molecule has 0 aliphatic heterocycles. The van der Waals surface area contributed by atoms with Crippen molar-refractivity contribution in [1.82, 2.24) is 14.5 Å². The Kier molecular flexibility index (Phi) is 10.0. The molecule has 10 heteroatoms. The Morgan fingerprint density at radius 1 is 1.00 bits per heavy atom. The number of hydrogen-bond donors (Lipinski definition) is 1. The van der Waals surface area contributed by atoms with Gasteiger partial charge in [0.2, 0.25) is 11.8 Å². The van der Waals surface area contributed by atoms with Crippen molar-refractivity contribution in [2.45, 2.75) is 57.5 Å². The van der Waals surface area contributed by atoms with Gasteiger partial charge in [0.15, 0.2) is 0 Å². The van der Waals surface area contributed by atoms with E-state index in [0.29, 0.717) is 6.42 Å². The molecule has 202 valence electrons. The lowest BCUT2D eigenvalue weighted by atomic mass is 9.95. The monoisotopic (exact) mass is 532 g/mol. The average molecular weight is 533 g/mol. The van der Waals surface area contributed by atoms with E-state index in [2.05, 4.69) is 5.32 Å². The first kappa shape index (κ1) is 28.6. The number of nitrogens with one attached hydrogen (secondary N) is 1. The number of carbonyl (C=O) groups is 2. The molecule has 2 amide bonds. The van der Waals surface area contributed by atoms with Crippen LogP contribution < -0.4 is 9.62 Å². The molecule has 0 radical (unpaired) electrons. The zero-order chi connectivity index (χ0) is 27.0. The zero-order valence-corrected chi connectivity index (χ0v) is 22.6. The molecule has 0 bridgehead atoms. The highest BCUT2D eigenvalue weighted by Crippen LogP contribution is 2.24. The second kappa shape index (κ2) is 13.0. The molecule has 2 aromatic carbocycles. The Balaban J connectivity index is 1.87. The van der Waals surface area contributed by atoms with Gasteiger partial charge in [-0.3, -0.25) is 9.59 Å². The molecule has 0 saturated heterocycles. The summed E-state index contributed by atoms with van der Waals surface area (Å²) in [6.07, 6.45) is 5.53. The highest BCUT2D eigenvalue weighted by atomic mass is 32.2. The van der Waals surface area contributed by atoms with Gasteiger partial charge in [0.05, 0.1) is 5.69 Å². The van der Waals surface area contributed by atoms with Gasteiger partial charge >= 0.3 is 10.2 Å². The molecule has 0 heterocycles. The van der Waals surface area contributed by atoms with Crippen molar-refractivity contribution >= 4 is 27.7 Å². The number of benzene rings is 2. The highest BCUT2D eigenvalue weighted by Gasteiger charge is 2.34. The second-order valence-corrected chi connectivity index (χ2v) is 11.7. The van der Waals surface area contributed by atoms with Crippen LogP contribution in [0.4, 0.5) is 10.1 Å². The number of halogens is 1. The number of hydrogen-bond acceptors (Lipinski definition) is 4. The van der Waals surface area contributed by atoms with Crippen LogP contribution in [0.15, 0.2) is 54.6 Å². The summed E-state index contributed by atoms with van der Waals surface area (Å²) >= 11 is 0. The largest absolute Gasteiger partial charge is 0.352 e. The number of amides is 2. The van der Waals surface area contributed by atoms with Crippen LogP contribution in [0.1, 0.15) is 44.6 Å². The van der Waals surface area contributed by atoms with Gasteiger partial charge in [0, 0.05) is 26.7 Å². The van der Waals surface area contributed by atoms with E-state index >= 15 is 0 Å². The third-order valence-corrected chi connectivity index (χ3v) is 8.55. The van der Waals surface area contributed by atoms with Gasteiger partial charge in [-0.2, -0.15) is 12.7 Å². The van der Waals surface area contributed by atoms with Crippen molar-refractivity contribution in [3.8, 4) is 0 Å². The molecule has 8 nitrogen and oxygen atoms in total. The third-order valence-electron chi connectivity index (χ3n) is 6.74. The summed E-state index contributed by atoms with van der Waals surface area (Å²) in [7, 11) is -1.56. The lowest BCUT2D eigenvalue weighted by Crippen LogP contribution is -2.54. The van der Waals surface area contributed by atoms with Gasteiger partial charge in [0.1, 0.15) is 18.4 Å². The van der Waals surface area contributed by atoms with Crippen LogP contribution in [0.25, 0.3) is 0 Å². The predicted molar refractivity (Wildman–Crippen MR) is 143 cm³/mol. The van der Waals surface area contributed by atoms with E-state index in [-0.39, 0.29) is 24.2 Å². The number of anilines is 1. The lowest BCUT2D eigenvalue weighted by molar-refractivity contribution is -0.139. The van der Waals surface area contributed by atoms with Gasteiger partial charge < -0.3 is 10.2 Å². The van der Waals surface area contributed by atoms with Crippen LogP contribution in [0.5, 0.6) is 0 Å². The summed E-state index contributed by atoms with van der Waals surface area (Å²) < 4.78 is 42.6. The summed E-state index contributed by atoms with van der Waals surface area (Å²) in [4.78, 5) is 28.2. The SMILES string of the molecule is C[C@H](C(=O)NC1CCCCC1)N(CCc1ccccc1)C(=O)CN(c1ccccc1F)S(=O)(=O)N(C)C. The van der Waals surface area contributed by atoms with Gasteiger partial charge in [0.25, 0.3) is 0 Å². The molecule has 0 unspecified atom stereocenters. The molecular weight excluding hydrogens is 495 g/mol. The normalized spacial score (nSPS) is 15.3. The maximum absolute atomic E-state index is 14.7. The van der Waals surface area contributed by atoms with Gasteiger partial charge in [-0.05, 0) is 43.9 Å². The molecule has 1 saturated carbocycles. The zero-order valence-electron chi connectivity index (χ0n) is 21.8. The highest BCUT2D eigenvalue weighted by molar-refractivity contribution is 7.90. The van der Waals surface area contributed by atoms with Crippen LogP contribution in [0, 0.1) is 5.82 Å². The lowest BCUT2D eigenvalue weighted by Gasteiger charge is -2.34. The van der Waals surface area contributed by atoms with Crippen molar-refractivity contribution in [3.05, 3.63) is 66.0 Å². The predicted octanol–water partition coefficient (Wildman–Crippen LogP) is 3.35. The maximum Gasteiger partial charge on any atom is 0.304 e. The van der Waals surface area contributed by atoms with Gasteiger partial charge in [-0.1, -0.05) is 61.7 Å². The Hall–Kier alpha value is -2.98. The van der Waals surface area contributed by atoms with Crippen LogP contribution >= 0.6 is 0 Å². The molecule has 1 atom stereocenters. The van der Waals surface area contributed by atoms with E-state index in [1.807, 2.05) is 30.3 Å². The first-order chi connectivity index (χ1) is 17.6. The first-order valence-corrected chi connectivity index (χ1v) is 14.1. The minimum absolute atomic E-state index is 0.0683. The molecule has 1 aliphatic rings. The van der Waals surface area contributed by atoms with Crippen molar-refractivity contribution in [2.24, 2.45) is 0 Å². The van der Waals surface area contributed by atoms with Gasteiger partial charge in [-0.15, -0.1) is 0 Å². The Morgan fingerprint density at radius 3 is 2.24 bits per heavy atom. The van der Waals surface area contributed by atoms with E-state index < -0.39 is 34.5 Å². The standard InChI is InChI=1S/C27H37FN4O4S/c1-21(27(34)29-23-14-8-5-9-15-23)31(19-18-22-12-6-4-7-13-22)26(33)20-32(37(35,36)30(2)3)25-17-11-10-16-24(25)28/h4,6-7,10-13,16-17,21,23H,5,8-9,14-15,18-20H2,1-3H3,(H,29,34)/t21-/m1/s1. The summed E-state index contributed by atoms with van der Waals surface area (Å²) in [6, 6.07) is 14.2. The molecule has 0 aromatic heterocycles. The average Bonchev–Trinajstić information content (AvgIpc) is 2.88. The summed E-state index contributed by atoms with van der Waals surface area (Å²) in [6.45, 7) is 1.21. The van der Waals surface area contributed by atoms with Crippen LogP contribution in [0.2, 0.25) is 0 Å². The summed E-state index contributed by atoms with van der Waals surface area (Å²) in [5.74, 6) is -1.63. The number of carbonyl (C=O) groups excluding carboxylic acids is 2. The fourth-order valence-electron chi connectivity index (χ4n) is 4.49. The smallest absolute Gasteiger partial charge is 0.304 e. The van der Waals surface area contributed by atoms with E-state index in [0.717, 1.165) is 52.3 Å². The Bertz CT molecular complexity index is 1150. The van der Waals surface area contributed by atoms with E-state index in [4.69, 9.17) is 0 Å². The van der Waals surface area contributed by atoms with Crippen molar-refractivity contribution < 1.29 is 22.4 Å². The molecule has 1 fully saturated rings. The third kappa shape index (κ3) is 7.52. The summed E-state index contributed by atoms with van der Waals surface area (Å²) in [5, 5.41) is 3.06. The van der Waals surface area contributed by atoms with Crippen LogP contribution in [-0.4, -0.2) is 68.7 Å². The van der Waals surface area contributed by atoms with E-state index in [1.165, 1.54) is 37.2 Å². The molecule has 1 aliphatic carbocycles. The minimum atomic E-state index is -4.20. The van der Waals surface area contributed by atoms with Crippen LogP contribution in [0.3, 0.4) is 0 Å². The maximum atomic E-state index is 14.7.